The molecule has 0 saturated heterocycles. The molecule has 0 amide bonds. The minimum absolute atomic E-state index is 0.722. The molecule has 0 aliphatic carbocycles. The van der Waals surface area contributed by atoms with Crippen molar-refractivity contribution in [2.45, 2.75) is 6.42 Å². The molecule has 0 spiro atoms. The zero-order chi connectivity index (χ0) is 12.8. The first-order chi connectivity index (χ1) is 8.79. The third-order valence-electron chi connectivity index (χ3n) is 2.40. The minimum atomic E-state index is 0.722. The smallest absolute Gasteiger partial charge is 0.115 e. The highest BCUT2D eigenvalue weighted by molar-refractivity contribution is 9.10. The van der Waals surface area contributed by atoms with E-state index in [1.807, 2.05) is 31.5 Å². The van der Waals surface area contributed by atoms with E-state index in [9.17, 15) is 0 Å². The van der Waals surface area contributed by atoms with Gasteiger partial charge in [-0.15, -0.1) is 0 Å². The molecule has 0 aliphatic heterocycles. The summed E-state index contributed by atoms with van der Waals surface area (Å²) in [4.78, 5) is 12.4. The molecule has 1 N–H and O–H groups in total. The largest absolute Gasteiger partial charge is 0.386 e. The Balaban J connectivity index is 2.09. The highest BCUT2D eigenvalue weighted by atomic mass is 79.9. The molecule has 92 valence electrons. The lowest BCUT2D eigenvalue weighted by atomic mass is 10.2. The second-order valence-electron chi connectivity index (χ2n) is 3.67. The first-order valence-corrected chi connectivity index (χ1v) is 6.32. The van der Waals surface area contributed by atoms with Crippen molar-refractivity contribution < 1.29 is 0 Å². The van der Waals surface area contributed by atoms with Gasteiger partial charge < -0.3 is 5.32 Å². The maximum atomic E-state index is 4.45. The van der Waals surface area contributed by atoms with Gasteiger partial charge in [-0.1, -0.05) is 15.9 Å². The van der Waals surface area contributed by atoms with Crippen LogP contribution in [0, 0.1) is 0 Å². The van der Waals surface area contributed by atoms with Crippen LogP contribution in [-0.4, -0.2) is 23.2 Å². The Morgan fingerprint density at radius 1 is 1.33 bits per heavy atom. The molecule has 1 aromatic carbocycles. The maximum Gasteiger partial charge on any atom is 0.115 e. The predicted molar refractivity (Wildman–Crippen MR) is 77.6 cm³/mol. The summed E-state index contributed by atoms with van der Waals surface area (Å²) in [7, 11) is 1.88. The molecule has 0 bridgehead atoms. The average molecular weight is 305 g/mol. The number of rotatable bonds is 4. The van der Waals surface area contributed by atoms with Gasteiger partial charge in [0, 0.05) is 36.5 Å². The van der Waals surface area contributed by atoms with Crippen molar-refractivity contribution in [3.63, 3.8) is 0 Å². The Kier molecular flexibility index (Phi) is 4.41. The van der Waals surface area contributed by atoms with Crippen LogP contribution in [0.15, 0.2) is 46.4 Å². The molecule has 0 aliphatic rings. The van der Waals surface area contributed by atoms with Gasteiger partial charge in [-0.2, -0.15) is 0 Å². The Bertz CT molecular complexity index is 540. The number of aliphatic imine (C=N–C) groups is 1. The van der Waals surface area contributed by atoms with Crippen LogP contribution < -0.4 is 5.32 Å². The lowest BCUT2D eigenvalue weighted by Gasteiger charge is -2.04. The van der Waals surface area contributed by atoms with Crippen LogP contribution in [0.4, 0.5) is 11.4 Å². The Labute approximate surface area is 114 Å². The molecule has 18 heavy (non-hydrogen) atoms. The van der Waals surface area contributed by atoms with Gasteiger partial charge in [0.2, 0.25) is 0 Å². The predicted octanol–water partition coefficient (Wildman–Crippen LogP) is 3.23. The molecule has 2 aromatic rings. The van der Waals surface area contributed by atoms with Crippen molar-refractivity contribution in [2.75, 3.05) is 12.4 Å². The fourth-order valence-electron chi connectivity index (χ4n) is 1.51. The van der Waals surface area contributed by atoms with Gasteiger partial charge in [0.15, 0.2) is 0 Å². The molecule has 5 heteroatoms. The molecule has 1 aromatic heterocycles. The van der Waals surface area contributed by atoms with Crippen LogP contribution in [0.25, 0.3) is 0 Å². The van der Waals surface area contributed by atoms with Crippen molar-refractivity contribution in [1.29, 1.82) is 0 Å². The maximum absolute atomic E-state index is 4.45. The molecular formula is C13H13BrN4. The van der Waals surface area contributed by atoms with E-state index < -0.39 is 0 Å². The molecule has 0 atom stereocenters. The second kappa shape index (κ2) is 6.26. The summed E-state index contributed by atoms with van der Waals surface area (Å²) < 4.78 is 1.03. The van der Waals surface area contributed by atoms with E-state index in [0.29, 0.717) is 0 Å². The van der Waals surface area contributed by atoms with Gasteiger partial charge in [-0.3, -0.25) is 4.99 Å². The number of nitrogens with one attached hydrogen (secondary N) is 1. The Morgan fingerprint density at radius 3 is 2.83 bits per heavy atom. The van der Waals surface area contributed by atoms with Crippen molar-refractivity contribution in [3.05, 3.63) is 47.0 Å². The summed E-state index contributed by atoms with van der Waals surface area (Å²) >= 11 is 3.43. The highest BCUT2D eigenvalue weighted by Gasteiger charge is 1.99. The zero-order valence-electron chi connectivity index (χ0n) is 9.97. The zero-order valence-corrected chi connectivity index (χ0v) is 11.6. The molecule has 0 unspecified atom stereocenters. The Hall–Kier alpha value is -1.75. The van der Waals surface area contributed by atoms with Crippen LogP contribution in [0.3, 0.4) is 0 Å². The van der Waals surface area contributed by atoms with E-state index in [4.69, 9.17) is 0 Å². The van der Waals surface area contributed by atoms with E-state index in [2.05, 4.69) is 36.2 Å². The van der Waals surface area contributed by atoms with Gasteiger partial charge in [0.25, 0.3) is 0 Å². The Morgan fingerprint density at radius 2 is 2.11 bits per heavy atom. The van der Waals surface area contributed by atoms with Crippen molar-refractivity contribution >= 4 is 33.5 Å². The monoisotopic (exact) mass is 304 g/mol. The fourth-order valence-corrected chi connectivity index (χ4v) is 1.87. The van der Waals surface area contributed by atoms with E-state index in [1.54, 1.807) is 12.4 Å². The van der Waals surface area contributed by atoms with Gasteiger partial charge in [0.1, 0.15) is 6.33 Å². The second-order valence-corrected chi connectivity index (χ2v) is 4.59. The van der Waals surface area contributed by atoms with Crippen LogP contribution in [0.2, 0.25) is 0 Å². The molecule has 0 saturated carbocycles. The summed E-state index contributed by atoms with van der Waals surface area (Å²) in [5.74, 6) is 0. The SMILES string of the molecule is CNc1cc(Br)ccc1N=CCc1cncnc1. The van der Waals surface area contributed by atoms with Crippen molar-refractivity contribution in [3.8, 4) is 0 Å². The van der Waals surface area contributed by atoms with Crippen LogP contribution in [0.1, 0.15) is 5.56 Å². The van der Waals surface area contributed by atoms with E-state index in [1.165, 1.54) is 6.33 Å². The van der Waals surface area contributed by atoms with E-state index >= 15 is 0 Å². The highest BCUT2D eigenvalue weighted by Crippen LogP contribution is 2.27. The van der Waals surface area contributed by atoms with Gasteiger partial charge >= 0.3 is 0 Å². The molecule has 4 nitrogen and oxygen atoms in total. The summed E-state index contributed by atoms with van der Waals surface area (Å²) in [5.41, 5.74) is 2.95. The third kappa shape index (κ3) is 3.37. The fraction of sp³-hybridized carbons (Fsp3) is 0.154. The van der Waals surface area contributed by atoms with Gasteiger partial charge in [-0.25, -0.2) is 9.97 Å². The molecule has 1 heterocycles. The number of benzene rings is 1. The summed E-state index contributed by atoms with van der Waals surface area (Å²) in [5, 5.41) is 3.12. The standard InChI is InChI=1S/C13H13BrN4/c1-15-13-6-11(14)2-3-12(13)18-5-4-10-7-16-9-17-8-10/h2-3,5-9,15H,4H2,1H3. The lowest BCUT2D eigenvalue weighted by Crippen LogP contribution is -1.90. The third-order valence-corrected chi connectivity index (χ3v) is 2.89. The molecule has 0 radical (unpaired) electrons. The summed E-state index contributed by atoms with van der Waals surface area (Å²) in [6, 6.07) is 5.94. The van der Waals surface area contributed by atoms with Crippen LogP contribution in [0.5, 0.6) is 0 Å². The van der Waals surface area contributed by atoms with Crippen molar-refractivity contribution in [1.82, 2.24) is 9.97 Å². The summed E-state index contributed by atoms with van der Waals surface area (Å²) in [6.07, 6.45) is 7.69. The number of aromatic nitrogens is 2. The number of hydrogen-bond donors (Lipinski definition) is 1. The molecule has 2 rings (SSSR count). The topological polar surface area (TPSA) is 50.2 Å². The number of nitrogens with zero attached hydrogens (tertiary/aromatic N) is 3. The van der Waals surface area contributed by atoms with Crippen LogP contribution in [-0.2, 0) is 6.42 Å². The lowest BCUT2D eigenvalue weighted by molar-refractivity contribution is 1.11. The number of halogens is 1. The van der Waals surface area contributed by atoms with Gasteiger partial charge in [0.05, 0.1) is 11.4 Å². The van der Waals surface area contributed by atoms with E-state index in [-0.39, 0.29) is 0 Å². The van der Waals surface area contributed by atoms with Crippen molar-refractivity contribution in [2.24, 2.45) is 4.99 Å². The number of hydrogen-bond acceptors (Lipinski definition) is 4. The minimum Gasteiger partial charge on any atom is -0.386 e. The normalized spacial score (nSPS) is 10.8. The van der Waals surface area contributed by atoms with E-state index in [0.717, 1.165) is 27.8 Å². The van der Waals surface area contributed by atoms with Crippen LogP contribution >= 0.6 is 15.9 Å². The quantitative estimate of drug-likeness (QED) is 0.882. The first kappa shape index (κ1) is 12.7. The molecule has 0 fully saturated rings. The number of anilines is 1. The first-order valence-electron chi connectivity index (χ1n) is 5.53. The summed E-state index contributed by atoms with van der Waals surface area (Å²) in [6.45, 7) is 0. The molecular weight excluding hydrogens is 292 g/mol. The average Bonchev–Trinajstić information content (AvgIpc) is 2.41. The van der Waals surface area contributed by atoms with Gasteiger partial charge in [-0.05, 0) is 23.8 Å².